The lowest BCUT2D eigenvalue weighted by atomic mass is 10.0. The van der Waals surface area contributed by atoms with E-state index in [0.717, 1.165) is 24.2 Å². The molecule has 5 nitrogen and oxygen atoms in total. The Kier molecular flexibility index (Phi) is 4.74. The molecule has 0 radical (unpaired) electrons. The second kappa shape index (κ2) is 5.85. The molecule has 0 saturated carbocycles. The number of hydrogen-bond acceptors (Lipinski definition) is 4. The number of nitrogens with one attached hydrogen (secondary N) is 2. The molecule has 1 amide bonds. The quantitative estimate of drug-likeness (QED) is 0.515. The van der Waals surface area contributed by atoms with Gasteiger partial charge in [0, 0.05) is 25.8 Å². The van der Waals surface area contributed by atoms with E-state index in [1.807, 2.05) is 0 Å². The predicted octanol–water partition coefficient (Wildman–Crippen LogP) is -0.970. The van der Waals surface area contributed by atoms with Gasteiger partial charge in [0.2, 0.25) is 5.91 Å². The van der Waals surface area contributed by atoms with Crippen molar-refractivity contribution in [1.82, 2.24) is 10.6 Å². The second-order valence-electron chi connectivity index (χ2n) is 3.64. The van der Waals surface area contributed by atoms with Crippen LogP contribution in [-0.2, 0) is 9.53 Å². The Morgan fingerprint density at radius 1 is 1.67 bits per heavy atom. The molecule has 1 aliphatic rings. The van der Waals surface area contributed by atoms with Crippen molar-refractivity contribution in [1.29, 1.82) is 0 Å². The predicted molar refractivity (Wildman–Crippen MR) is 56.5 cm³/mol. The first-order chi connectivity index (χ1) is 7.19. The van der Waals surface area contributed by atoms with Crippen LogP contribution in [0.2, 0.25) is 0 Å². The van der Waals surface area contributed by atoms with E-state index in [4.69, 9.17) is 9.84 Å². The molecule has 1 rings (SSSR count). The van der Waals surface area contributed by atoms with Gasteiger partial charge in [-0.25, -0.2) is 0 Å². The van der Waals surface area contributed by atoms with Crippen molar-refractivity contribution in [3.05, 3.63) is 11.1 Å². The molecule has 0 aromatic rings. The lowest BCUT2D eigenvalue weighted by Gasteiger charge is -2.23. The topological polar surface area (TPSA) is 70.6 Å². The van der Waals surface area contributed by atoms with Crippen LogP contribution in [0.25, 0.3) is 0 Å². The maximum atomic E-state index is 11.7. The highest BCUT2D eigenvalue weighted by Crippen LogP contribution is 2.08. The van der Waals surface area contributed by atoms with Gasteiger partial charge in [-0.3, -0.25) is 4.79 Å². The van der Waals surface area contributed by atoms with Crippen molar-refractivity contribution in [3.8, 4) is 0 Å². The van der Waals surface area contributed by atoms with Gasteiger partial charge in [0.25, 0.3) is 0 Å². The number of aliphatic hydroxyl groups is 1. The van der Waals surface area contributed by atoms with E-state index in [0.29, 0.717) is 6.61 Å². The van der Waals surface area contributed by atoms with Gasteiger partial charge in [-0.1, -0.05) is 0 Å². The minimum Gasteiger partial charge on any atom is -0.394 e. The van der Waals surface area contributed by atoms with Crippen LogP contribution in [-0.4, -0.2) is 50.5 Å². The average Bonchev–Trinajstić information content (AvgIpc) is 2.14. The number of hydrogen-bond donors (Lipinski definition) is 3. The van der Waals surface area contributed by atoms with E-state index >= 15 is 0 Å². The number of methoxy groups -OCH3 is 1. The summed E-state index contributed by atoms with van der Waals surface area (Å²) in [6.45, 7) is 3.58. The molecular weight excluding hydrogens is 196 g/mol. The van der Waals surface area contributed by atoms with Gasteiger partial charge in [0.15, 0.2) is 0 Å². The van der Waals surface area contributed by atoms with Crippen LogP contribution in [0, 0.1) is 0 Å². The Balaban J connectivity index is 2.46. The highest BCUT2D eigenvalue weighted by Gasteiger charge is 2.18. The molecule has 15 heavy (non-hydrogen) atoms. The molecule has 3 N–H and O–H groups in total. The maximum absolute atomic E-state index is 11.7. The number of carbonyl (C=O) groups excluding carboxylic acids is 1. The summed E-state index contributed by atoms with van der Waals surface area (Å²) in [4.78, 5) is 11.7. The number of aliphatic hydroxyl groups excluding tert-OH is 1. The van der Waals surface area contributed by atoms with Crippen LogP contribution in [0.3, 0.4) is 0 Å². The molecule has 5 heteroatoms. The molecular formula is C10H18N2O3. The fourth-order valence-corrected chi connectivity index (χ4v) is 1.31. The molecule has 0 aliphatic carbocycles. The molecule has 0 aromatic heterocycles. The van der Waals surface area contributed by atoms with Crippen LogP contribution in [0.4, 0.5) is 0 Å². The lowest BCUT2D eigenvalue weighted by molar-refractivity contribution is -0.119. The molecule has 0 spiro atoms. The summed E-state index contributed by atoms with van der Waals surface area (Å²) in [5.74, 6) is -0.123. The minimum absolute atomic E-state index is 0.111. The summed E-state index contributed by atoms with van der Waals surface area (Å²) in [6.07, 6.45) is 0. The van der Waals surface area contributed by atoms with Gasteiger partial charge < -0.3 is 20.5 Å². The van der Waals surface area contributed by atoms with Crippen LogP contribution < -0.4 is 10.6 Å². The van der Waals surface area contributed by atoms with Gasteiger partial charge in [-0.15, -0.1) is 0 Å². The van der Waals surface area contributed by atoms with Crippen molar-refractivity contribution < 1.29 is 14.6 Å². The highest BCUT2D eigenvalue weighted by atomic mass is 16.5. The highest BCUT2D eigenvalue weighted by molar-refractivity contribution is 5.94. The zero-order chi connectivity index (χ0) is 11.3. The van der Waals surface area contributed by atoms with E-state index in [1.54, 1.807) is 6.92 Å². The molecule has 1 unspecified atom stereocenters. The number of rotatable bonds is 5. The first-order valence-corrected chi connectivity index (χ1v) is 4.99. The third-order valence-corrected chi connectivity index (χ3v) is 2.47. The molecule has 1 aliphatic heterocycles. The van der Waals surface area contributed by atoms with Crippen LogP contribution in [0.15, 0.2) is 11.1 Å². The van der Waals surface area contributed by atoms with Gasteiger partial charge >= 0.3 is 0 Å². The standard InChI is InChI=1S/C10H18N2O3/c1-7(8-3-11-4-8)10(14)12-9(5-13)6-15-2/h9,11,13H,3-6H2,1-2H3,(H,12,14). The monoisotopic (exact) mass is 214 g/mol. The zero-order valence-corrected chi connectivity index (χ0v) is 9.17. The van der Waals surface area contributed by atoms with Crippen molar-refractivity contribution in [2.45, 2.75) is 13.0 Å². The Hall–Kier alpha value is -0.910. The summed E-state index contributed by atoms with van der Waals surface area (Å²) in [5.41, 5.74) is 1.87. The first-order valence-electron chi connectivity index (χ1n) is 4.99. The van der Waals surface area contributed by atoms with Crippen molar-refractivity contribution in [2.75, 3.05) is 33.4 Å². The normalized spacial score (nSPS) is 16.9. The number of carbonyl (C=O) groups is 1. The van der Waals surface area contributed by atoms with Crippen molar-refractivity contribution >= 4 is 5.91 Å². The Bertz CT molecular complexity index is 257. The number of ether oxygens (including phenoxy) is 1. The Morgan fingerprint density at radius 3 is 2.73 bits per heavy atom. The fourth-order valence-electron chi connectivity index (χ4n) is 1.31. The molecule has 1 atom stereocenters. The van der Waals surface area contributed by atoms with Crippen LogP contribution >= 0.6 is 0 Å². The second-order valence-corrected chi connectivity index (χ2v) is 3.64. The van der Waals surface area contributed by atoms with Crippen LogP contribution in [0.5, 0.6) is 0 Å². The van der Waals surface area contributed by atoms with E-state index in [2.05, 4.69) is 10.6 Å². The molecule has 1 fully saturated rings. The zero-order valence-electron chi connectivity index (χ0n) is 9.17. The first kappa shape index (κ1) is 12.2. The van der Waals surface area contributed by atoms with E-state index in [1.165, 1.54) is 7.11 Å². The molecule has 1 heterocycles. The third kappa shape index (κ3) is 3.30. The Labute approximate surface area is 89.5 Å². The van der Waals surface area contributed by atoms with Crippen molar-refractivity contribution in [2.24, 2.45) is 0 Å². The SMILES string of the molecule is COCC(CO)NC(=O)C(C)=C1CNC1. The average molecular weight is 214 g/mol. The fraction of sp³-hybridized carbons (Fsp3) is 0.700. The minimum atomic E-state index is -0.328. The maximum Gasteiger partial charge on any atom is 0.247 e. The van der Waals surface area contributed by atoms with Gasteiger partial charge in [-0.05, 0) is 12.5 Å². The molecule has 86 valence electrons. The largest absolute Gasteiger partial charge is 0.394 e. The lowest BCUT2D eigenvalue weighted by Crippen LogP contribution is -2.43. The third-order valence-electron chi connectivity index (χ3n) is 2.47. The van der Waals surface area contributed by atoms with Gasteiger partial charge in [0.1, 0.15) is 0 Å². The summed E-state index contributed by atoms with van der Waals surface area (Å²) in [7, 11) is 1.54. The van der Waals surface area contributed by atoms with Crippen molar-refractivity contribution in [3.63, 3.8) is 0 Å². The Morgan fingerprint density at radius 2 is 2.33 bits per heavy atom. The van der Waals surface area contributed by atoms with Crippen LogP contribution in [0.1, 0.15) is 6.92 Å². The smallest absolute Gasteiger partial charge is 0.247 e. The molecule has 1 saturated heterocycles. The molecule has 0 aromatic carbocycles. The summed E-state index contributed by atoms with van der Waals surface area (Å²) >= 11 is 0. The van der Waals surface area contributed by atoms with E-state index < -0.39 is 0 Å². The summed E-state index contributed by atoms with van der Waals surface area (Å²) in [6, 6.07) is -0.328. The van der Waals surface area contributed by atoms with Gasteiger partial charge in [0.05, 0.1) is 19.3 Å². The molecule has 0 bridgehead atoms. The summed E-state index contributed by atoms with van der Waals surface area (Å²) < 4.78 is 4.87. The number of amides is 1. The van der Waals surface area contributed by atoms with E-state index in [9.17, 15) is 4.79 Å². The van der Waals surface area contributed by atoms with E-state index in [-0.39, 0.29) is 18.6 Å². The van der Waals surface area contributed by atoms with Gasteiger partial charge in [-0.2, -0.15) is 0 Å². The summed E-state index contributed by atoms with van der Waals surface area (Å²) in [5, 5.41) is 14.8.